The summed E-state index contributed by atoms with van der Waals surface area (Å²) in [4.78, 5) is 25.4. The molecule has 0 amide bonds. The number of hydrogen-bond donors (Lipinski definition) is 2. The molecule has 9 heteroatoms. The molecule has 1 aliphatic heterocycles. The Bertz CT molecular complexity index is 1210. The maximum absolute atomic E-state index is 13.1. The molecule has 1 aliphatic rings. The summed E-state index contributed by atoms with van der Waals surface area (Å²) < 4.78 is 50.6. The maximum atomic E-state index is 13.1. The molecule has 0 radical (unpaired) electrons. The first kappa shape index (κ1) is 26.8. The average Bonchev–Trinajstić information content (AvgIpc) is 2.80. The number of carbonyl (C=O) groups is 2. The highest BCUT2D eigenvalue weighted by Crippen LogP contribution is 2.42. The molecule has 1 atom stereocenters. The van der Waals surface area contributed by atoms with E-state index >= 15 is 0 Å². The Balaban J connectivity index is 2.02. The van der Waals surface area contributed by atoms with Crippen molar-refractivity contribution >= 4 is 11.9 Å². The van der Waals surface area contributed by atoms with Gasteiger partial charge in [0.1, 0.15) is 12.4 Å². The van der Waals surface area contributed by atoms with Crippen molar-refractivity contribution in [3.8, 4) is 5.75 Å². The fourth-order valence-corrected chi connectivity index (χ4v) is 4.03. The number of benzene rings is 2. The largest absolute Gasteiger partial charge is 0.489 e. The molecule has 2 aromatic rings. The molecule has 0 aromatic heterocycles. The van der Waals surface area contributed by atoms with Gasteiger partial charge in [0, 0.05) is 17.0 Å². The molecule has 36 heavy (non-hydrogen) atoms. The zero-order chi connectivity index (χ0) is 26.6. The van der Waals surface area contributed by atoms with Crippen LogP contribution in [0, 0.1) is 5.92 Å². The Morgan fingerprint density at radius 3 is 2.33 bits per heavy atom. The predicted octanol–water partition coefficient (Wildman–Crippen LogP) is 5.80. The van der Waals surface area contributed by atoms with E-state index in [0.29, 0.717) is 22.5 Å². The molecule has 0 aliphatic carbocycles. The standard InChI is InChI=1S/C27H28F3NO5/c1-15(2)13-36-26(34)23-17(4)31-16(3)22(25(32)33)24(23)20-10-5-6-11-21(20)35-14-18-8-7-9-19(12-18)27(28,29)30/h5-12,15,24,31H,13-14H2,1-4H3,(H,32,33). The molecule has 192 valence electrons. The van der Waals surface area contributed by atoms with Crippen LogP contribution in [0.2, 0.25) is 0 Å². The topological polar surface area (TPSA) is 84.9 Å². The van der Waals surface area contributed by atoms with E-state index in [-0.39, 0.29) is 36.0 Å². The number of carboxylic acid groups (broad SMARTS) is 1. The smallest absolute Gasteiger partial charge is 0.416 e. The van der Waals surface area contributed by atoms with Crippen LogP contribution >= 0.6 is 0 Å². The lowest BCUT2D eigenvalue weighted by atomic mass is 9.80. The second-order valence-corrected chi connectivity index (χ2v) is 8.96. The summed E-state index contributed by atoms with van der Waals surface area (Å²) in [5, 5.41) is 13.0. The Morgan fingerprint density at radius 2 is 1.69 bits per heavy atom. The third-order valence-electron chi connectivity index (χ3n) is 5.64. The van der Waals surface area contributed by atoms with Gasteiger partial charge in [-0.3, -0.25) is 0 Å². The lowest BCUT2D eigenvalue weighted by Crippen LogP contribution is -2.32. The summed E-state index contributed by atoms with van der Waals surface area (Å²) in [5.41, 5.74) is 0.774. The summed E-state index contributed by atoms with van der Waals surface area (Å²) in [6.45, 7) is 6.99. The Hall–Kier alpha value is -3.75. The van der Waals surface area contributed by atoms with E-state index < -0.39 is 29.6 Å². The summed E-state index contributed by atoms with van der Waals surface area (Å²) in [6, 6.07) is 11.3. The number of halogens is 3. The van der Waals surface area contributed by atoms with Gasteiger partial charge in [0.05, 0.1) is 29.2 Å². The van der Waals surface area contributed by atoms with Gasteiger partial charge >= 0.3 is 18.1 Å². The van der Waals surface area contributed by atoms with Crippen molar-refractivity contribution in [2.24, 2.45) is 5.92 Å². The molecule has 2 aromatic carbocycles. The maximum Gasteiger partial charge on any atom is 0.416 e. The number of alkyl halides is 3. The fraction of sp³-hybridized carbons (Fsp3) is 0.333. The van der Waals surface area contributed by atoms with Gasteiger partial charge in [0.15, 0.2) is 0 Å². The van der Waals surface area contributed by atoms with Gasteiger partial charge in [0.25, 0.3) is 0 Å². The van der Waals surface area contributed by atoms with Crippen molar-refractivity contribution in [1.82, 2.24) is 5.32 Å². The minimum Gasteiger partial charge on any atom is -0.489 e. The third kappa shape index (κ3) is 6.08. The summed E-state index contributed by atoms with van der Waals surface area (Å²) in [7, 11) is 0. The lowest BCUT2D eigenvalue weighted by Gasteiger charge is -2.30. The second kappa shape index (κ2) is 10.9. The van der Waals surface area contributed by atoms with Crippen molar-refractivity contribution in [2.45, 2.75) is 46.4 Å². The van der Waals surface area contributed by atoms with Crippen LogP contribution in [0.3, 0.4) is 0 Å². The van der Waals surface area contributed by atoms with E-state index in [1.807, 2.05) is 13.8 Å². The van der Waals surface area contributed by atoms with Crippen molar-refractivity contribution in [2.75, 3.05) is 6.61 Å². The molecule has 0 fully saturated rings. The van der Waals surface area contributed by atoms with Crippen LogP contribution in [-0.4, -0.2) is 23.7 Å². The van der Waals surface area contributed by atoms with Crippen LogP contribution in [0.15, 0.2) is 71.1 Å². The second-order valence-electron chi connectivity index (χ2n) is 8.96. The van der Waals surface area contributed by atoms with E-state index in [1.54, 1.807) is 38.1 Å². The highest BCUT2D eigenvalue weighted by Gasteiger charge is 2.39. The molecule has 3 rings (SSSR count). The van der Waals surface area contributed by atoms with Crippen molar-refractivity contribution < 1.29 is 37.3 Å². The predicted molar refractivity (Wildman–Crippen MR) is 127 cm³/mol. The molecular formula is C27H28F3NO5. The van der Waals surface area contributed by atoms with Crippen LogP contribution in [-0.2, 0) is 27.1 Å². The van der Waals surface area contributed by atoms with E-state index in [4.69, 9.17) is 9.47 Å². The molecule has 0 spiro atoms. The Kier molecular flexibility index (Phi) is 8.12. The number of allylic oxidation sites excluding steroid dienone is 2. The normalized spacial score (nSPS) is 16.2. The Morgan fingerprint density at radius 1 is 1.03 bits per heavy atom. The molecule has 2 N–H and O–H groups in total. The average molecular weight is 504 g/mol. The van der Waals surface area contributed by atoms with Gasteiger partial charge in [-0.15, -0.1) is 0 Å². The van der Waals surface area contributed by atoms with E-state index in [2.05, 4.69) is 5.32 Å². The van der Waals surface area contributed by atoms with Gasteiger partial charge in [-0.2, -0.15) is 13.2 Å². The number of para-hydroxylation sites is 1. The van der Waals surface area contributed by atoms with Gasteiger partial charge in [-0.25, -0.2) is 9.59 Å². The molecule has 0 saturated carbocycles. The molecule has 1 heterocycles. The number of ether oxygens (including phenoxy) is 2. The number of aliphatic carboxylic acids is 1. The number of dihydropyridines is 1. The third-order valence-corrected chi connectivity index (χ3v) is 5.64. The fourth-order valence-electron chi connectivity index (χ4n) is 4.03. The summed E-state index contributed by atoms with van der Waals surface area (Å²) in [6.07, 6.45) is -4.49. The van der Waals surface area contributed by atoms with Crippen LogP contribution in [0.5, 0.6) is 5.75 Å². The first-order chi connectivity index (χ1) is 16.9. The monoisotopic (exact) mass is 503 g/mol. The van der Waals surface area contributed by atoms with E-state index in [1.165, 1.54) is 12.1 Å². The van der Waals surface area contributed by atoms with E-state index in [9.17, 15) is 27.9 Å². The number of hydrogen-bond acceptors (Lipinski definition) is 5. The molecule has 0 saturated heterocycles. The number of rotatable bonds is 8. The highest BCUT2D eigenvalue weighted by atomic mass is 19.4. The number of nitrogens with one attached hydrogen (secondary N) is 1. The molecule has 1 unspecified atom stereocenters. The van der Waals surface area contributed by atoms with Crippen LogP contribution < -0.4 is 10.1 Å². The number of carboxylic acids is 1. The van der Waals surface area contributed by atoms with Gasteiger partial charge in [-0.1, -0.05) is 44.2 Å². The first-order valence-electron chi connectivity index (χ1n) is 11.4. The van der Waals surface area contributed by atoms with E-state index in [0.717, 1.165) is 12.1 Å². The van der Waals surface area contributed by atoms with Crippen molar-refractivity contribution in [1.29, 1.82) is 0 Å². The van der Waals surface area contributed by atoms with Gasteiger partial charge in [0.2, 0.25) is 0 Å². The zero-order valence-electron chi connectivity index (χ0n) is 20.4. The van der Waals surface area contributed by atoms with Gasteiger partial charge < -0.3 is 19.9 Å². The zero-order valence-corrected chi connectivity index (χ0v) is 20.4. The SMILES string of the molecule is CC1=C(C(=O)O)C(c2ccccc2OCc2cccc(C(F)(F)F)c2)C(C(=O)OCC(C)C)=C(C)N1. The van der Waals surface area contributed by atoms with Gasteiger partial charge in [-0.05, 0) is 43.5 Å². The number of esters is 1. The van der Waals surface area contributed by atoms with Crippen molar-refractivity contribution in [3.63, 3.8) is 0 Å². The van der Waals surface area contributed by atoms with Crippen LogP contribution in [0.1, 0.15) is 50.3 Å². The summed E-state index contributed by atoms with van der Waals surface area (Å²) >= 11 is 0. The first-order valence-corrected chi connectivity index (χ1v) is 11.4. The minimum absolute atomic E-state index is 0.0489. The molecule has 6 nitrogen and oxygen atoms in total. The number of carbonyl (C=O) groups excluding carboxylic acids is 1. The summed E-state index contributed by atoms with van der Waals surface area (Å²) in [5.74, 6) is -2.57. The quantitative estimate of drug-likeness (QED) is 0.443. The van der Waals surface area contributed by atoms with Crippen LogP contribution in [0.25, 0.3) is 0 Å². The minimum atomic E-state index is -4.49. The lowest BCUT2D eigenvalue weighted by molar-refractivity contribution is -0.140. The Labute approximate surface area is 207 Å². The van der Waals surface area contributed by atoms with Crippen LogP contribution in [0.4, 0.5) is 13.2 Å². The highest BCUT2D eigenvalue weighted by molar-refractivity contribution is 5.99. The molecule has 0 bridgehead atoms. The molecular weight excluding hydrogens is 475 g/mol. The van der Waals surface area contributed by atoms with Crippen molar-refractivity contribution in [3.05, 3.63) is 87.8 Å².